The average molecular weight is 416 g/mol. The molecule has 0 aliphatic heterocycles. The maximum atomic E-state index is 10.0. The van der Waals surface area contributed by atoms with Crippen LogP contribution >= 0.6 is 12.6 Å². The van der Waals surface area contributed by atoms with Gasteiger partial charge in [-0.3, -0.25) is 9.97 Å². The van der Waals surface area contributed by atoms with Crippen LogP contribution in [-0.4, -0.2) is 39.7 Å². The van der Waals surface area contributed by atoms with Crippen LogP contribution in [0.4, 0.5) is 0 Å². The van der Waals surface area contributed by atoms with Crippen molar-refractivity contribution in [2.24, 2.45) is 5.73 Å². The summed E-state index contributed by atoms with van der Waals surface area (Å²) < 4.78 is 0. The minimum absolute atomic E-state index is 0. The number of carboxylic acids is 3. The number of nitrogens with two attached hydrogens (primary N) is 1. The Balaban J connectivity index is 0. The topological polar surface area (TPSA) is 172 Å². The van der Waals surface area contributed by atoms with Crippen LogP contribution in [-0.2, 0) is 22.2 Å². The molecule has 26 heavy (non-hydrogen) atoms. The number of hydrogen-bond acceptors (Lipinski definition) is 10. The molecule has 1 atom stereocenters. The second-order valence-corrected chi connectivity index (χ2v) is 4.53. The van der Waals surface area contributed by atoms with Crippen molar-refractivity contribution in [2.45, 2.75) is 6.04 Å². The molecule has 0 spiro atoms. The molecule has 0 fully saturated rings. The Morgan fingerprint density at radius 2 is 1.35 bits per heavy atom. The quantitative estimate of drug-likeness (QED) is 0.489. The minimum atomic E-state index is -1.25. The number of aromatic nitrogens is 2. The van der Waals surface area contributed by atoms with Crippen LogP contribution in [0.3, 0.4) is 0 Å². The Bertz CT molecular complexity index is 626. The Kier molecular flexibility index (Phi) is 14.7. The maximum absolute atomic E-state index is 10.0. The molecule has 11 heteroatoms. The van der Waals surface area contributed by atoms with E-state index in [-0.39, 0.29) is 34.2 Å². The zero-order valence-corrected chi connectivity index (χ0v) is 15.3. The average Bonchev–Trinajstić information content (AvgIpc) is 2.63. The first kappa shape index (κ1) is 25.8. The molecule has 0 bridgehead atoms. The number of pyridine rings is 2. The SMILES string of the molecule is N[C@@H](CS)C(=O)[O-].O=C([O-])c1cccnc1.O=C([O-])c1cccnc1.[Cr+3]. The van der Waals surface area contributed by atoms with E-state index in [0.29, 0.717) is 0 Å². The first-order valence-electron chi connectivity index (χ1n) is 6.59. The van der Waals surface area contributed by atoms with Gasteiger partial charge in [-0.25, -0.2) is 0 Å². The third kappa shape index (κ3) is 12.0. The second kappa shape index (κ2) is 14.9. The standard InChI is InChI=1S/2C6H5NO2.C3H7NO2S.Cr/c2*8-6(9)5-2-1-3-7-4-5;4-2(1-7)3(5)6;/h2*1-4H,(H,8,9);2,7H,1,4H2,(H,5,6);/q;;;+3/p-3/t;;2-;/m..0./s1. The van der Waals surface area contributed by atoms with E-state index in [0.717, 1.165) is 0 Å². The molecule has 9 nitrogen and oxygen atoms in total. The third-order valence-electron chi connectivity index (χ3n) is 2.29. The zero-order valence-electron chi connectivity index (χ0n) is 13.2. The van der Waals surface area contributed by atoms with Gasteiger partial charge in [0.25, 0.3) is 0 Å². The van der Waals surface area contributed by atoms with Gasteiger partial charge in [0.15, 0.2) is 0 Å². The summed E-state index contributed by atoms with van der Waals surface area (Å²) in [4.78, 5) is 36.9. The number of rotatable bonds is 4. The molecular formula is C15H14CrN3O6S. The first-order valence-corrected chi connectivity index (χ1v) is 7.22. The molecule has 1 radical (unpaired) electrons. The van der Waals surface area contributed by atoms with Crippen LogP contribution in [0.25, 0.3) is 0 Å². The predicted molar refractivity (Wildman–Crippen MR) is 84.0 cm³/mol. The van der Waals surface area contributed by atoms with Crippen LogP contribution in [0.15, 0.2) is 49.1 Å². The van der Waals surface area contributed by atoms with E-state index in [1.807, 2.05) is 0 Å². The van der Waals surface area contributed by atoms with Gasteiger partial charge in [0.05, 0.1) is 23.9 Å². The van der Waals surface area contributed by atoms with Gasteiger partial charge < -0.3 is 35.4 Å². The van der Waals surface area contributed by atoms with Crippen LogP contribution in [0, 0.1) is 0 Å². The van der Waals surface area contributed by atoms with Crippen molar-refractivity contribution in [3.8, 4) is 0 Å². The molecule has 0 saturated heterocycles. The largest absolute Gasteiger partial charge is 3.00 e. The first-order chi connectivity index (χ1) is 11.8. The van der Waals surface area contributed by atoms with E-state index in [1.165, 1.54) is 36.9 Å². The van der Waals surface area contributed by atoms with Crippen molar-refractivity contribution < 1.29 is 47.1 Å². The molecule has 137 valence electrons. The van der Waals surface area contributed by atoms with Gasteiger partial charge in [-0.1, -0.05) is 12.1 Å². The van der Waals surface area contributed by atoms with Gasteiger partial charge in [0.2, 0.25) is 0 Å². The van der Waals surface area contributed by atoms with Gasteiger partial charge in [-0.2, -0.15) is 12.6 Å². The Hall–Kier alpha value is -2.45. The van der Waals surface area contributed by atoms with E-state index in [9.17, 15) is 29.7 Å². The van der Waals surface area contributed by atoms with Crippen LogP contribution < -0.4 is 21.1 Å². The van der Waals surface area contributed by atoms with Gasteiger partial charge in [-0.15, -0.1) is 0 Å². The van der Waals surface area contributed by atoms with Crippen molar-refractivity contribution in [1.82, 2.24) is 9.97 Å². The fourth-order valence-electron chi connectivity index (χ4n) is 1.04. The number of aliphatic carboxylic acids is 1. The second-order valence-electron chi connectivity index (χ2n) is 4.17. The van der Waals surface area contributed by atoms with Crippen molar-refractivity contribution in [3.63, 3.8) is 0 Å². The molecule has 2 rings (SSSR count). The fraction of sp³-hybridized carbons (Fsp3) is 0.133. The molecule has 2 heterocycles. The number of nitrogens with zero attached hydrogens (tertiary/aromatic N) is 2. The summed E-state index contributed by atoms with van der Waals surface area (Å²) in [6.45, 7) is 0. The summed E-state index contributed by atoms with van der Waals surface area (Å²) in [5.41, 5.74) is 5.09. The molecular weight excluding hydrogens is 402 g/mol. The molecule has 0 unspecified atom stereocenters. The van der Waals surface area contributed by atoms with Crippen molar-refractivity contribution in [1.29, 1.82) is 0 Å². The Labute approximate surface area is 165 Å². The fourth-order valence-corrected chi connectivity index (χ4v) is 1.19. The van der Waals surface area contributed by atoms with Gasteiger partial charge in [0.1, 0.15) is 0 Å². The van der Waals surface area contributed by atoms with Gasteiger partial charge in [-0.05, 0) is 12.1 Å². The molecule has 0 aromatic carbocycles. The molecule has 0 amide bonds. The van der Waals surface area contributed by atoms with Crippen molar-refractivity contribution >= 4 is 30.5 Å². The third-order valence-corrected chi connectivity index (χ3v) is 2.69. The molecule has 0 aliphatic carbocycles. The summed E-state index contributed by atoms with van der Waals surface area (Å²) >= 11 is 3.61. The van der Waals surface area contributed by atoms with E-state index in [4.69, 9.17) is 5.73 Å². The van der Waals surface area contributed by atoms with E-state index in [2.05, 4.69) is 22.6 Å². The minimum Gasteiger partial charge on any atom is -0.548 e. The van der Waals surface area contributed by atoms with E-state index < -0.39 is 23.9 Å². The van der Waals surface area contributed by atoms with Crippen LogP contribution in [0.2, 0.25) is 0 Å². The molecule has 0 saturated carbocycles. The zero-order chi connectivity index (χ0) is 19.2. The molecule has 2 aromatic heterocycles. The number of carboxylic acid groups (broad SMARTS) is 3. The molecule has 2 N–H and O–H groups in total. The van der Waals surface area contributed by atoms with Crippen LogP contribution in [0.5, 0.6) is 0 Å². The number of carbonyl (C=O) groups excluding carboxylic acids is 3. The summed E-state index contributed by atoms with van der Waals surface area (Å²) in [5.74, 6) is -3.51. The maximum Gasteiger partial charge on any atom is 3.00 e. The van der Waals surface area contributed by atoms with Gasteiger partial charge in [0, 0.05) is 41.7 Å². The van der Waals surface area contributed by atoms with Crippen molar-refractivity contribution in [3.05, 3.63) is 60.2 Å². The monoisotopic (exact) mass is 416 g/mol. The summed E-state index contributed by atoms with van der Waals surface area (Å²) in [6, 6.07) is 5.03. The molecule has 0 aliphatic rings. The summed E-state index contributed by atoms with van der Waals surface area (Å²) in [5, 5.41) is 29.7. The summed E-state index contributed by atoms with van der Waals surface area (Å²) in [6.07, 6.45) is 5.50. The van der Waals surface area contributed by atoms with Crippen LogP contribution in [0.1, 0.15) is 20.7 Å². The Morgan fingerprint density at radius 1 is 0.962 bits per heavy atom. The van der Waals surface area contributed by atoms with Crippen molar-refractivity contribution in [2.75, 3.05) is 5.75 Å². The number of aromatic carboxylic acids is 2. The van der Waals surface area contributed by atoms with E-state index in [1.54, 1.807) is 12.1 Å². The normalized spacial score (nSPS) is 9.77. The Morgan fingerprint density at radius 3 is 1.46 bits per heavy atom. The smallest absolute Gasteiger partial charge is 0.548 e. The van der Waals surface area contributed by atoms with Gasteiger partial charge >= 0.3 is 17.4 Å². The predicted octanol–water partition coefficient (Wildman–Crippen LogP) is -3.12. The number of carbonyl (C=O) groups is 3. The van der Waals surface area contributed by atoms with E-state index >= 15 is 0 Å². The molecule has 2 aromatic rings. The number of thiol groups is 1. The summed E-state index contributed by atoms with van der Waals surface area (Å²) in [7, 11) is 0. The number of hydrogen-bond donors (Lipinski definition) is 2.